The molecule has 0 heterocycles. The van der Waals surface area contributed by atoms with Gasteiger partial charge in [-0.2, -0.15) is 13.2 Å². The largest absolute Gasteiger partial charge is 0.493 e. The molecule has 1 N–H and O–H groups in total. The number of alkyl halides is 3. The zero-order valence-corrected chi connectivity index (χ0v) is 13.9. The molecule has 0 radical (unpaired) electrons. The first-order chi connectivity index (χ1) is 11.0. The van der Waals surface area contributed by atoms with Crippen molar-refractivity contribution in [2.24, 2.45) is 0 Å². The highest BCUT2D eigenvalue weighted by atomic mass is 32.2. The van der Waals surface area contributed by atoms with Crippen LogP contribution in [0, 0.1) is 0 Å². The molecule has 0 fully saturated rings. The molecule has 0 bridgehead atoms. The molecule has 1 aromatic rings. The maximum Gasteiger partial charge on any atom is 0.471 e. The average molecular weight is 367 g/mol. The summed E-state index contributed by atoms with van der Waals surface area (Å²) in [5.41, 5.74) is -0.509. The number of hydrogen-bond acceptors (Lipinski definition) is 5. The van der Waals surface area contributed by atoms with Gasteiger partial charge in [0.2, 0.25) is 0 Å². The molecule has 134 valence electrons. The number of ether oxygens (including phenoxy) is 2. The van der Waals surface area contributed by atoms with Crippen LogP contribution in [0.5, 0.6) is 11.5 Å². The topological polar surface area (TPSA) is 81.7 Å². The standard InChI is InChI=1S/C14H16F3NO5S/c1-4-23-12-7-9(5-6-11(12)22-2)10(8-24(3,20)21)18-13(19)14(15,16)17/h5-8H,4H2,1-3H3,(H,18,19)/b10-8-. The monoisotopic (exact) mass is 367 g/mol. The predicted molar refractivity (Wildman–Crippen MR) is 81.2 cm³/mol. The molecular formula is C14H16F3NO5S. The van der Waals surface area contributed by atoms with Gasteiger partial charge in [-0.1, -0.05) is 0 Å². The van der Waals surface area contributed by atoms with Crippen molar-refractivity contribution in [2.45, 2.75) is 13.1 Å². The van der Waals surface area contributed by atoms with E-state index in [1.54, 1.807) is 12.2 Å². The van der Waals surface area contributed by atoms with Crippen LogP contribution >= 0.6 is 0 Å². The number of carbonyl (C=O) groups is 1. The second-order valence-corrected chi connectivity index (χ2v) is 6.51. The summed E-state index contributed by atoms with van der Waals surface area (Å²) in [4.78, 5) is 11.1. The van der Waals surface area contributed by atoms with Crippen LogP contribution in [0.4, 0.5) is 13.2 Å². The number of amides is 1. The fraction of sp³-hybridized carbons (Fsp3) is 0.357. The lowest BCUT2D eigenvalue weighted by atomic mass is 10.1. The summed E-state index contributed by atoms with van der Waals surface area (Å²) in [6, 6.07) is 3.96. The van der Waals surface area contributed by atoms with E-state index in [9.17, 15) is 26.4 Å². The third kappa shape index (κ3) is 5.76. The summed E-state index contributed by atoms with van der Waals surface area (Å²) in [6.07, 6.45) is -4.37. The third-order valence-electron chi connectivity index (χ3n) is 2.61. The maximum atomic E-state index is 12.4. The Hall–Kier alpha value is -2.23. The number of nitrogens with one attached hydrogen (secondary N) is 1. The first-order valence-electron chi connectivity index (χ1n) is 6.59. The van der Waals surface area contributed by atoms with Gasteiger partial charge in [-0.25, -0.2) is 8.42 Å². The number of carbonyl (C=O) groups excluding carboxylic acids is 1. The van der Waals surface area contributed by atoms with Gasteiger partial charge in [0, 0.05) is 11.8 Å². The van der Waals surface area contributed by atoms with Crippen molar-refractivity contribution in [3.63, 3.8) is 0 Å². The molecule has 0 saturated carbocycles. The molecule has 0 aromatic heterocycles. The molecule has 1 aromatic carbocycles. The molecule has 0 aliphatic rings. The normalized spacial score (nSPS) is 12.7. The molecule has 10 heteroatoms. The second-order valence-electron chi connectivity index (χ2n) is 4.61. The zero-order valence-electron chi connectivity index (χ0n) is 13.1. The Morgan fingerprint density at radius 2 is 1.92 bits per heavy atom. The number of halogens is 3. The lowest BCUT2D eigenvalue weighted by Crippen LogP contribution is -2.35. The number of methoxy groups -OCH3 is 1. The first kappa shape index (κ1) is 19.8. The maximum absolute atomic E-state index is 12.4. The van der Waals surface area contributed by atoms with Gasteiger partial charge < -0.3 is 14.8 Å². The highest BCUT2D eigenvalue weighted by Gasteiger charge is 2.39. The first-order valence-corrected chi connectivity index (χ1v) is 8.54. The van der Waals surface area contributed by atoms with Gasteiger partial charge in [-0.15, -0.1) is 0 Å². The summed E-state index contributed by atoms with van der Waals surface area (Å²) >= 11 is 0. The van der Waals surface area contributed by atoms with E-state index in [2.05, 4.69) is 0 Å². The number of hydrogen-bond donors (Lipinski definition) is 1. The van der Waals surface area contributed by atoms with Gasteiger partial charge in [-0.05, 0) is 25.1 Å². The van der Waals surface area contributed by atoms with E-state index in [4.69, 9.17) is 9.47 Å². The molecule has 0 saturated heterocycles. The average Bonchev–Trinajstić information content (AvgIpc) is 2.44. The molecule has 0 aliphatic heterocycles. The van der Waals surface area contributed by atoms with Gasteiger partial charge >= 0.3 is 12.1 Å². The predicted octanol–water partition coefficient (Wildman–Crippen LogP) is 2.12. The smallest absolute Gasteiger partial charge is 0.471 e. The van der Waals surface area contributed by atoms with Crippen LogP contribution in [-0.2, 0) is 14.6 Å². The minimum Gasteiger partial charge on any atom is -0.493 e. The molecule has 0 unspecified atom stereocenters. The van der Waals surface area contributed by atoms with E-state index in [1.807, 2.05) is 0 Å². The Balaban J connectivity index is 3.38. The fourth-order valence-electron chi connectivity index (χ4n) is 1.69. The van der Waals surface area contributed by atoms with Gasteiger partial charge in [0.05, 0.1) is 24.8 Å². The zero-order chi connectivity index (χ0) is 18.5. The number of rotatable bonds is 6. The summed E-state index contributed by atoms with van der Waals surface area (Å²) in [7, 11) is -2.45. The van der Waals surface area contributed by atoms with Crippen LogP contribution < -0.4 is 14.8 Å². The van der Waals surface area contributed by atoms with E-state index in [0.717, 1.165) is 6.26 Å². The van der Waals surface area contributed by atoms with Gasteiger partial charge in [0.15, 0.2) is 21.3 Å². The van der Waals surface area contributed by atoms with Crippen molar-refractivity contribution >= 4 is 21.4 Å². The Morgan fingerprint density at radius 3 is 2.38 bits per heavy atom. The van der Waals surface area contributed by atoms with Crippen LogP contribution in [0.2, 0.25) is 0 Å². The highest BCUT2D eigenvalue weighted by molar-refractivity contribution is 7.93. The van der Waals surface area contributed by atoms with Gasteiger partial charge in [0.1, 0.15) is 0 Å². The van der Waals surface area contributed by atoms with Crippen molar-refractivity contribution in [1.29, 1.82) is 0 Å². The van der Waals surface area contributed by atoms with Crippen LogP contribution in [0.3, 0.4) is 0 Å². The fourth-order valence-corrected chi connectivity index (χ4v) is 2.31. The lowest BCUT2D eigenvalue weighted by Gasteiger charge is -2.15. The highest BCUT2D eigenvalue weighted by Crippen LogP contribution is 2.30. The summed E-state index contributed by atoms with van der Waals surface area (Å²) < 4.78 is 70.5. The third-order valence-corrected chi connectivity index (χ3v) is 3.28. The van der Waals surface area contributed by atoms with E-state index in [0.29, 0.717) is 11.2 Å². The van der Waals surface area contributed by atoms with Gasteiger partial charge in [0.25, 0.3) is 0 Å². The van der Waals surface area contributed by atoms with E-state index in [-0.39, 0.29) is 17.9 Å². The SMILES string of the molecule is CCOc1cc(/C(=C/S(C)(=O)=O)NC(=O)C(F)(F)F)ccc1OC. The van der Waals surface area contributed by atoms with Gasteiger partial charge in [-0.3, -0.25) is 4.79 Å². The molecule has 0 spiro atoms. The van der Waals surface area contributed by atoms with Crippen LogP contribution in [0.1, 0.15) is 12.5 Å². The van der Waals surface area contributed by atoms with Crippen molar-refractivity contribution in [3.8, 4) is 11.5 Å². The van der Waals surface area contributed by atoms with E-state index < -0.39 is 27.6 Å². The molecule has 1 amide bonds. The molecule has 1 rings (SSSR count). The van der Waals surface area contributed by atoms with Crippen molar-refractivity contribution in [1.82, 2.24) is 5.32 Å². The summed E-state index contributed by atoms with van der Waals surface area (Å²) in [6.45, 7) is 1.94. The lowest BCUT2D eigenvalue weighted by molar-refractivity contribution is -0.172. The number of sulfone groups is 1. The van der Waals surface area contributed by atoms with Crippen LogP contribution in [0.15, 0.2) is 23.6 Å². The molecule has 24 heavy (non-hydrogen) atoms. The Labute approximate surface area is 137 Å². The minimum atomic E-state index is -5.16. The van der Waals surface area contributed by atoms with E-state index >= 15 is 0 Å². The summed E-state index contributed by atoms with van der Waals surface area (Å²) in [5, 5.41) is 2.09. The summed E-state index contributed by atoms with van der Waals surface area (Å²) in [5.74, 6) is -1.79. The molecule has 0 atom stereocenters. The minimum absolute atomic E-state index is 0.0160. The van der Waals surface area contributed by atoms with Crippen molar-refractivity contribution in [2.75, 3.05) is 20.0 Å². The Kier molecular flexibility index (Phi) is 6.24. The molecule has 0 aliphatic carbocycles. The van der Waals surface area contributed by atoms with Crippen molar-refractivity contribution < 1.29 is 35.9 Å². The van der Waals surface area contributed by atoms with Crippen molar-refractivity contribution in [3.05, 3.63) is 29.2 Å². The van der Waals surface area contributed by atoms with E-state index in [1.165, 1.54) is 25.3 Å². The van der Waals surface area contributed by atoms with Crippen LogP contribution in [0.25, 0.3) is 5.70 Å². The number of benzene rings is 1. The molecular weight excluding hydrogens is 351 g/mol. The second kappa shape index (κ2) is 7.56. The Bertz CT molecular complexity index is 741. The quantitative estimate of drug-likeness (QED) is 0.833. The van der Waals surface area contributed by atoms with Crippen LogP contribution in [-0.4, -0.2) is 40.5 Å². The molecule has 6 nitrogen and oxygen atoms in total. The Morgan fingerprint density at radius 1 is 1.29 bits per heavy atom.